The van der Waals surface area contributed by atoms with E-state index in [9.17, 15) is 0 Å². The Morgan fingerprint density at radius 3 is 1.57 bits per heavy atom. The van der Waals surface area contributed by atoms with E-state index in [1.54, 1.807) is 0 Å². The minimum absolute atomic E-state index is 1.19. The maximum Gasteiger partial charge on any atom is 0.132 e. The number of rotatable bonds is 6. The molecule has 0 saturated carbocycles. The Hall–Kier alpha value is -2.12. The van der Waals surface area contributed by atoms with Gasteiger partial charge >= 0.3 is 0 Å². The lowest BCUT2D eigenvalue weighted by Crippen LogP contribution is -2.51. The lowest BCUT2D eigenvalue weighted by atomic mass is 10.1. The quantitative estimate of drug-likeness (QED) is 0.484. The minimum Gasteiger partial charge on any atom is -0.0654 e. The Balaban J connectivity index is 1.96. The van der Waals surface area contributed by atoms with Crippen LogP contribution in [0.5, 0.6) is 0 Å². The fraction of sp³-hybridized carbons (Fsp3) is 0.182. The summed E-state index contributed by atoms with van der Waals surface area (Å²) in [5.74, 6) is 0. The summed E-state index contributed by atoms with van der Waals surface area (Å²) in [5.41, 5.74) is 1.46. The molecule has 3 rings (SSSR count). The molecule has 0 N–H and O–H groups in total. The average molecular weight is 317 g/mol. The van der Waals surface area contributed by atoms with Crippen molar-refractivity contribution in [1.29, 1.82) is 0 Å². The summed E-state index contributed by atoms with van der Waals surface area (Å²) >= 11 is 0. The Morgan fingerprint density at radius 2 is 1.09 bits per heavy atom. The van der Waals surface area contributed by atoms with E-state index in [0.717, 1.165) is 0 Å². The maximum atomic E-state index is 2.36. The van der Waals surface area contributed by atoms with Crippen LogP contribution in [-0.2, 0) is 6.42 Å². The molecule has 0 aliphatic carbocycles. The minimum atomic E-state index is -1.36. The standard InChI is InChI=1S/C22H24Si/c1-2-3-10-19-15-17-22(18-16-19)23(20-11-6-4-7-12-20)21-13-8-5-9-14-21/h4-9,11-18,23H,2-3,10H2,1H3. The van der Waals surface area contributed by atoms with E-state index in [1.165, 1.54) is 40.4 Å². The molecule has 0 unspecified atom stereocenters. The summed E-state index contributed by atoms with van der Waals surface area (Å²) in [5, 5.41) is 4.47. The van der Waals surface area contributed by atoms with Gasteiger partial charge in [-0.25, -0.2) is 0 Å². The molecule has 3 aromatic carbocycles. The Labute approximate surface area is 141 Å². The molecule has 0 atom stereocenters. The number of hydrogen-bond donors (Lipinski definition) is 0. The van der Waals surface area contributed by atoms with Gasteiger partial charge in [0.05, 0.1) is 0 Å². The molecule has 0 spiro atoms. The zero-order valence-electron chi connectivity index (χ0n) is 13.8. The Morgan fingerprint density at radius 1 is 0.609 bits per heavy atom. The molecular formula is C22H24Si. The molecule has 3 aromatic rings. The van der Waals surface area contributed by atoms with Crippen molar-refractivity contribution in [1.82, 2.24) is 0 Å². The van der Waals surface area contributed by atoms with Crippen LogP contribution in [-0.4, -0.2) is 8.80 Å². The van der Waals surface area contributed by atoms with Gasteiger partial charge in [0.15, 0.2) is 0 Å². The van der Waals surface area contributed by atoms with Crippen LogP contribution in [0.2, 0.25) is 0 Å². The topological polar surface area (TPSA) is 0 Å². The van der Waals surface area contributed by atoms with Crippen LogP contribution in [0.4, 0.5) is 0 Å². The van der Waals surface area contributed by atoms with Crippen molar-refractivity contribution < 1.29 is 0 Å². The van der Waals surface area contributed by atoms with Crippen LogP contribution in [0, 0.1) is 0 Å². The predicted octanol–water partition coefficient (Wildman–Crippen LogP) is 3.28. The number of benzene rings is 3. The molecule has 0 aliphatic rings. The van der Waals surface area contributed by atoms with Gasteiger partial charge in [0.1, 0.15) is 8.80 Å². The van der Waals surface area contributed by atoms with E-state index in [0.29, 0.717) is 0 Å². The van der Waals surface area contributed by atoms with Crippen molar-refractivity contribution in [3.8, 4) is 0 Å². The fourth-order valence-corrected chi connectivity index (χ4v) is 6.07. The van der Waals surface area contributed by atoms with Crippen LogP contribution in [0.15, 0.2) is 84.9 Å². The van der Waals surface area contributed by atoms with Crippen molar-refractivity contribution in [3.05, 3.63) is 90.5 Å². The summed E-state index contributed by atoms with van der Waals surface area (Å²) in [6, 6.07) is 31.4. The highest BCUT2D eigenvalue weighted by molar-refractivity contribution is 6.95. The van der Waals surface area contributed by atoms with Gasteiger partial charge in [-0.15, -0.1) is 0 Å². The first kappa shape index (κ1) is 15.8. The first-order valence-electron chi connectivity index (χ1n) is 8.57. The molecular weight excluding hydrogens is 292 g/mol. The Bertz CT molecular complexity index is 662. The molecule has 0 aliphatic heterocycles. The third-order valence-electron chi connectivity index (χ3n) is 4.40. The fourth-order valence-electron chi connectivity index (χ4n) is 3.13. The molecule has 23 heavy (non-hydrogen) atoms. The zero-order valence-corrected chi connectivity index (χ0v) is 14.9. The summed E-state index contributed by atoms with van der Waals surface area (Å²) in [6.45, 7) is 2.25. The number of hydrogen-bond acceptors (Lipinski definition) is 0. The summed E-state index contributed by atoms with van der Waals surface area (Å²) in [7, 11) is -1.36. The molecule has 0 heterocycles. The molecule has 0 nitrogen and oxygen atoms in total. The number of unbranched alkanes of at least 4 members (excludes halogenated alkanes) is 1. The van der Waals surface area contributed by atoms with E-state index >= 15 is 0 Å². The van der Waals surface area contributed by atoms with Gasteiger partial charge < -0.3 is 0 Å². The van der Waals surface area contributed by atoms with Gasteiger partial charge in [-0.05, 0) is 18.4 Å². The van der Waals surface area contributed by atoms with E-state index in [2.05, 4.69) is 91.9 Å². The van der Waals surface area contributed by atoms with Crippen molar-refractivity contribution in [2.75, 3.05) is 0 Å². The first-order valence-corrected chi connectivity index (χ1v) is 10.3. The largest absolute Gasteiger partial charge is 0.132 e. The van der Waals surface area contributed by atoms with Crippen molar-refractivity contribution in [2.24, 2.45) is 0 Å². The maximum absolute atomic E-state index is 2.36. The average Bonchev–Trinajstić information content (AvgIpc) is 2.63. The molecule has 0 aromatic heterocycles. The SMILES string of the molecule is CCCCc1ccc([SiH](c2ccccc2)c2ccccc2)cc1. The summed E-state index contributed by atoms with van der Waals surface area (Å²) in [4.78, 5) is 0. The van der Waals surface area contributed by atoms with E-state index in [4.69, 9.17) is 0 Å². The third kappa shape index (κ3) is 3.99. The monoisotopic (exact) mass is 316 g/mol. The lowest BCUT2D eigenvalue weighted by molar-refractivity contribution is 0.795. The van der Waals surface area contributed by atoms with Crippen LogP contribution in [0.1, 0.15) is 25.3 Å². The molecule has 0 radical (unpaired) electrons. The van der Waals surface area contributed by atoms with Gasteiger partial charge in [-0.3, -0.25) is 0 Å². The molecule has 1 heteroatoms. The second-order valence-electron chi connectivity index (χ2n) is 6.10. The molecule has 0 fully saturated rings. The van der Waals surface area contributed by atoms with E-state index < -0.39 is 8.80 Å². The van der Waals surface area contributed by atoms with Gasteiger partial charge in [-0.2, -0.15) is 0 Å². The highest BCUT2D eigenvalue weighted by Gasteiger charge is 2.18. The van der Waals surface area contributed by atoms with Gasteiger partial charge in [-0.1, -0.05) is 114 Å². The van der Waals surface area contributed by atoms with Gasteiger partial charge in [0.25, 0.3) is 0 Å². The summed E-state index contributed by atoms with van der Waals surface area (Å²) in [6.07, 6.45) is 3.73. The van der Waals surface area contributed by atoms with Crippen molar-refractivity contribution in [2.45, 2.75) is 26.2 Å². The second-order valence-corrected chi connectivity index (χ2v) is 8.97. The molecule has 116 valence electrons. The zero-order chi connectivity index (χ0) is 15.9. The Kier molecular flexibility index (Phi) is 5.44. The molecule has 0 bridgehead atoms. The van der Waals surface area contributed by atoms with Crippen LogP contribution < -0.4 is 15.6 Å². The van der Waals surface area contributed by atoms with Crippen LogP contribution in [0.25, 0.3) is 0 Å². The highest BCUT2D eigenvalue weighted by Crippen LogP contribution is 2.04. The third-order valence-corrected chi connectivity index (χ3v) is 7.55. The highest BCUT2D eigenvalue weighted by atomic mass is 28.3. The smallest absolute Gasteiger partial charge is 0.0654 e. The van der Waals surface area contributed by atoms with Crippen molar-refractivity contribution in [3.63, 3.8) is 0 Å². The summed E-state index contributed by atoms with van der Waals surface area (Å²) < 4.78 is 0. The first-order chi connectivity index (χ1) is 11.4. The lowest BCUT2D eigenvalue weighted by Gasteiger charge is -2.17. The predicted molar refractivity (Wildman–Crippen MR) is 104 cm³/mol. The second kappa shape index (κ2) is 7.93. The molecule has 0 amide bonds. The normalized spacial score (nSPS) is 10.9. The van der Waals surface area contributed by atoms with Crippen LogP contribution >= 0.6 is 0 Å². The van der Waals surface area contributed by atoms with Crippen molar-refractivity contribution >= 4 is 24.4 Å². The van der Waals surface area contributed by atoms with E-state index in [-0.39, 0.29) is 0 Å². The van der Waals surface area contributed by atoms with Gasteiger partial charge in [0, 0.05) is 0 Å². The van der Waals surface area contributed by atoms with Crippen LogP contribution in [0.3, 0.4) is 0 Å². The molecule has 0 saturated heterocycles. The number of aryl methyl sites for hydroxylation is 1. The van der Waals surface area contributed by atoms with E-state index in [1.807, 2.05) is 0 Å². The van der Waals surface area contributed by atoms with Gasteiger partial charge in [0.2, 0.25) is 0 Å².